The first-order chi connectivity index (χ1) is 12.9. The van der Waals surface area contributed by atoms with Gasteiger partial charge in [-0.3, -0.25) is 10.1 Å². The van der Waals surface area contributed by atoms with Crippen LogP contribution in [0.3, 0.4) is 0 Å². The molecule has 27 heavy (non-hydrogen) atoms. The molecule has 1 saturated carbocycles. The quantitative estimate of drug-likeness (QED) is 0.734. The maximum absolute atomic E-state index is 12.2. The van der Waals surface area contributed by atoms with Gasteiger partial charge in [-0.2, -0.15) is 0 Å². The number of rotatable bonds is 5. The third-order valence-corrected chi connectivity index (χ3v) is 4.84. The summed E-state index contributed by atoms with van der Waals surface area (Å²) in [4.78, 5) is 23.9. The molecule has 0 saturated heterocycles. The second-order valence-electron chi connectivity index (χ2n) is 7.80. The zero-order valence-electron chi connectivity index (χ0n) is 16.3. The number of urea groups is 1. The zero-order chi connectivity index (χ0) is 19.4. The molecule has 1 spiro atoms. The SMILES string of the molecule is CC(C)CNC(=O)NC(=O)C(C)Nc1ccc2c(c1)OC1(CCCCC1)O2. The first-order valence-corrected chi connectivity index (χ1v) is 9.74. The normalized spacial score (nSPS) is 18.2. The smallest absolute Gasteiger partial charge is 0.321 e. The molecule has 1 aromatic rings. The average molecular weight is 375 g/mol. The van der Waals surface area contributed by atoms with Gasteiger partial charge in [0.25, 0.3) is 5.79 Å². The highest BCUT2D eigenvalue weighted by atomic mass is 16.7. The molecule has 148 valence electrons. The molecule has 1 heterocycles. The van der Waals surface area contributed by atoms with Crippen LogP contribution in [0.2, 0.25) is 0 Å². The molecule has 1 aromatic carbocycles. The van der Waals surface area contributed by atoms with E-state index in [1.807, 2.05) is 32.0 Å². The summed E-state index contributed by atoms with van der Waals surface area (Å²) in [6, 6.07) is 4.51. The average Bonchev–Trinajstić information content (AvgIpc) is 2.97. The van der Waals surface area contributed by atoms with E-state index in [0.717, 1.165) is 37.1 Å². The lowest BCUT2D eigenvalue weighted by Crippen LogP contribution is -2.46. The Labute approximate surface area is 160 Å². The number of benzene rings is 1. The minimum Gasteiger partial charge on any atom is -0.448 e. The molecule has 1 aliphatic carbocycles. The Morgan fingerprint density at radius 3 is 2.48 bits per heavy atom. The summed E-state index contributed by atoms with van der Waals surface area (Å²) in [7, 11) is 0. The van der Waals surface area contributed by atoms with Crippen LogP contribution in [-0.4, -0.2) is 30.3 Å². The lowest BCUT2D eigenvalue weighted by molar-refractivity contribution is -0.120. The van der Waals surface area contributed by atoms with Crippen LogP contribution in [0.15, 0.2) is 18.2 Å². The van der Waals surface area contributed by atoms with Gasteiger partial charge in [0, 0.05) is 31.1 Å². The molecule has 1 atom stereocenters. The highest BCUT2D eigenvalue weighted by Gasteiger charge is 2.42. The molecule has 0 bridgehead atoms. The number of hydrogen-bond acceptors (Lipinski definition) is 5. The second kappa shape index (κ2) is 8.06. The van der Waals surface area contributed by atoms with E-state index in [0.29, 0.717) is 18.2 Å². The monoisotopic (exact) mass is 375 g/mol. The van der Waals surface area contributed by atoms with Crippen molar-refractivity contribution in [2.24, 2.45) is 5.92 Å². The molecule has 1 unspecified atom stereocenters. The first kappa shape index (κ1) is 19.3. The van der Waals surface area contributed by atoms with Crippen LogP contribution in [-0.2, 0) is 4.79 Å². The van der Waals surface area contributed by atoms with Gasteiger partial charge in [-0.05, 0) is 37.8 Å². The van der Waals surface area contributed by atoms with Gasteiger partial charge in [0.05, 0.1) is 0 Å². The molecule has 3 amide bonds. The largest absolute Gasteiger partial charge is 0.448 e. The number of carbonyl (C=O) groups is 2. The molecule has 3 N–H and O–H groups in total. The maximum Gasteiger partial charge on any atom is 0.321 e. The Hall–Kier alpha value is -2.44. The number of imide groups is 1. The van der Waals surface area contributed by atoms with E-state index in [2.05, 4.69) is 16.0 Å². The van der Waals surface area contributed by atoms with E-state index < -0.39 is 23.8 Å². The summed E-state index contributed by atoms with van der Waals surface area (Å²) in [5, 5.41) is 8.12. The van der Waals surface area contributed by atoms with Crippen molar-refractivity contribution < 1.29 is 19.1 Å². The minimum atomic E-state index is -0.571. The van der Waals surface area contributed by atoms with Crippen molar-refractivity contribution in [2.75, 3.05) is 11.9 Å². The van der Waals surface area contributed by atoms with Crippen LogP contribution in [0.4, 0.5) is 10.5 Å². The number of fused-ring (bicyclic) bond motifs is 1. The highest BCUT2D eigenvalue weighted by Crippen LogP contribution is 2.46. The first-order valence-electron chi connectivity index (χ1n) is 9.74. The Bertz CT molecular complexity index is 698. The van der Waals surface area contributed by atoms with E-state index in [4.69, 9.17) is 9.47 Å². The summed E-state index contributed by atoms with van der Waals surface area (Å²) in [6.07, 6.45) is 5.23. The fourth-order valence-electron chi connectivity index (χ4n) is 3.35. The van der Waals surface area contributed by atoms with E-state index in [1.54, 1.807) is 6.92 Å². The summed E-state index contributed by atoms with van der Waals surface area (Å²) >= 11 is 0. The van der Waals surface area contributed by atoms with Crippen LogP contribution >= 0.6 is 0 Å². The van der Waals surface area contributed by atoms with Gasteiger partial charge in [-0.1, -0.05) is 20.3 Å². The third kappa shape index (κ3) is 4.84. The topological polar surface area (TPSA) is 88.7 Å². The molecule has 0 radical (unpaired) electrons. The number of amides is 3. The summed E-state index contributed by atoms with van der Waals surface area (Å²) in [5.41, 5.74) is 0.746. The summed E-state index contributed by atoms with van der Waals surface area (Å²) in [6.45, 7) is 6.20. The molecule has 2 aliphatic rings. The minimum absolute atomic E-state index is 0.322. The van der Waals surface area contributed by atoms with Crippen molar-refractivity contribution in [1.82, 2.24) is 10.6 Å². The van der Waals surface area contributed by atoms with Crippen LogP contribution in [0.5, 0.6) is 11.5 Å². The van der Waals surface area contributed by atoms with E-state index in [9.17, 15) is 9.59 Å². The van der Waals surface area contributed by atoms with E-state index >= 15 is 0 Å². The van der Waals surface area contributed by atoms with Crippen molar-refractivity contribution in [2.45, 2.75) is 64.7 Å². The fourth-order valence-corrected chi connectivity index (χ4v) is 3.35. The van der Waals surface area contributed by atoms with Gasteiger partial charge in [0.2, 0.25) is 5.91 Å². The number of carbonyl (C=O) groups excluding carboxylic acids is 2. The van der Waals surface area contributed by atoms with Crippen molar-refractivity contribution in [3.8, 4) is 11.5 Å². The lowest BCUT2D eigenvalue weighted by atomic mass is 9.94. The van der Waals surface area contributed by atoms with Crippen LogP contribution < -0.4 is 25.4 Å². The molecule has 3 rings (SSSR count). The molecule has 7 nitrogen and oxygen atoms in total. The molecular weight excluding hydrogens is 346 g/mol. The number of hydrogen-bond donors (Lipinski definition) is 3. The zero-order valence-corrected chi connectivity index (χ0v) is 16.3. The molecule has 0 aromatic heterocycles. The Balaban J connectivity index is 1.55. The molecular formula is C20H29N3O4. The second-order valence-corrected chi connectivity index (χ2v) is 7.80. The van der Waals surface area contributed by atoms with Crippen LogP contribution in [0.25, 0.3) is 0 Å². The van der Waals surface area contributed by atoms with Crippen molar-refractivity contribution in [3.63, 3.8) is 0 Å². The van der Waals surface area contributed by atoms with Crippen LogP contribution in [0.1, 0.15) is 52.9 Å². The molecule has 1 fully saturated rings. The Morgan fingerprint density at radius 2 is 1.78 bits per heavy atom. The third-order valence-electron chi connectivity index (χ3n) is 4.84. The van der Waals surface area contributed by atoms with Gasteiger partial charge in [-0.15, -0.1) is 0 Å². The van der Waals surface area contributed by atoms with Gasteiger partial charge in [0.1, 0.15) is 6.04 Å². The predicted octanol–water partition coefficient (Wildman–Crippen LogP) is 3.40. The molecule has 1 aliphatic heterocycles. The van der Waals surface area contributed by atoms with Crippen LogP contribution in [0, 0.1) is 5.92 Å². The summed E-state index contributed by atoms with van der Waals surface area (Å²) < 4.78 is 12.2. The van der Waals surface area contributed by atoms with Gasteiger partial charge < -0.3 is 20.1 Å². The van der Waals surface area contributed by atoms with Crippen molar-refractivity contribution in [3.05, 3.63) is 18.2 Å². The lowest BCUT2D eigenvalue weighted by Gasteiger charge is -2.31. The standard InChI is InChI=1S/C20H29N3O4/c1-13(2)12-21-19(25)23-18(24)14(3)22-15-7-8-16-17(11-15)27-20(26-16)9-5-4-6-10-20/h7-8,11,13-14,22H,4-6,9-10,12H2,1-3H3,(H2,21,23,24,25). The molecule has 7 heteroatoms. The van der Waals surface area contributed by atoms with Crippen molar-refractivity contribution in [1.29, 1.82) is 0 Å². The van der Waals surface area contributed by atoms with E-state index in [-0.39, 0.29) is 0 Å². The number of anilines is 1. The number of ether oxygens (including phenoxy) is 2. The van der Waals surface area contributed by atoms with Gasteiger partial charge >= 0.3 is 6.03 Å². The predicted molar refractivity (Wildman–Crippen MR) is 103 cm³/mol. The van der Waals surface area contributed by atoms with E-state index in [1.165, 1.54) is 6.42 Å². The maximum atomic E-state index is 12.2. The summed E-state index contributed by atoms with van der Waals surface area (Å²) in [5.74, 6) is 0.855. The fraction of sp³-hybridized carbons (Fsp3) is 0.600. The van der Waals surface area contributed by atoms with Gasteiger partial charge in [-0.25, -0.2) is 4.79 Å². The number of nitrogens with one attached hydrogen (secondary N) is 3. The highest BCUT2D eigenvalue weighted by molar-refractivity contribution is 5.98. The van der Waals surface area contributed by atoms with Crippen molar-refractivity contribution >= 4 is 17.6 Å². The Kier molecular flexibility index (Phi) is 5.77. The Morgan fingerprint density at radius 1 is 1.07 bits per heavy atom. The van der Waals surface area contributed by atoms with Gasteiger partial charge in [0.15, 0.2) is 11.5 Å².